The molecular weight excluding hydrogens is 416 g/mol. The molecule has 0 spiro atoms. The molecule has 0 bridgehead atoms. The van der Waals surface area contributed by atoms with Gasteiger partial charge in [-0.15, -0.1) is 23.7 Å². The average molecular weight is 439 g/mol. The van der Waals surface area contributed by atoms with Gasteiger partial charge in [-0.25, -0.2) is 4.79 Å². The minimum absolute atomic E-state index is 0. The van der Waals surface area contributed by atoms with Crippen LogP contribution in [0.3, 0.4) is 0 Å². The summed E-state index contributed by atoms with van der Waals surface area (Å²) in [5.74, 6) is 0.742. The molecule has 2 aromatic rings. The fraction of sp³-hybridized carbons (Fsp3) is 0.400. The number of nitrogens with one attached hydrogen (secondary N) is 1. The zero-order valence-corrected chi connectivity index (χ0v) is 17.9. The molecule has 4 rings (SSSR count). The van der Waals surface area contributed by atoms with E-state index >= 15 is 0 Å². The van der Waals surface area contributed by atoms with Gasteiger partial charge in [-0.1, -0.05) is 13.0 Å². The lowest BCUT2D eigenvalue weighted by molar-refractivity contribution is -0.115. The number of carbonyl (C=O) groups is 2. The van der Waals surface area contributed by atoms with Gasteiger partial charge in [0.15, 0.2) is 11.5 Å². The highest BCUT2D eigenvalue weighted by atomic mass is 35.5. The van der Waals surface area contributed by atoms with Gasteiger partial charge in [-0.05, 0) is 36.2 Å². The SMILES string of the molecule is CCN1CCc2c(sc(NC(=O)Cc3ccc4c(c3)OCO4)c2C(=O)OC)C1.Cl. The van der Waals surface area contributed by atoms with Crippen molar-refractivity contribution in [3.63, 3.8) is 0 Å². The van der Waals surface area contributed by atoms with E-state index in [1.807, 2.05) is 12.1 Å². The predicted octanol–water partition coefficient (Wildman–Crippen LogP) is 3.24. The van der Waals surface area contributed by atoms with E-state index in [9.17, 15) is 9.59 Å². The van der Waals surface area contributed by atoms with E-state index in [1.54, 1.807) is 6.07 Å². The van der Waals surface area contributed by atoms with Crippen LogP contribution >= 0.6 is 23.7 Å². The Balaban J connectivity index is 0.00000240. The van der Waals surface area contributed by atoms with Crippen LogP contribution in [-0.2, 0) is 28.9 Å². The average Bonchev–Trinajstić information content (AvgIpc) is 3.30. The summed E-state index contributed by atoms with van der Waals surface area (Å²) in [6.45, 7) is 4.96. The zero-order chi connectivity index (χ0) is 19.7. The Morgan fingerprint density at radius 2 is 2.07 bits per heavy atom. The zero-order valence-electron chi connectivity index (χ0n) is 16.3. The van der Waals surface area contributed by atoms with Crippen molar-refractivity contribution in [3.05, 3.63) is 39.8 Å². The first-order valence-electron chi connectivity index (χ1n) is 9.22. The highest BCUT2D eigenvalue weighted by Gasteiger charge is 2.29. The first kappa shape index (κ1) is 21.4. The molecule has 0 radical (unpaired) electrons. The fourth-order valence-corrected chi connectivity index (χ4v) is 4.83. The Morgan fingerprint density at radius 3 is 2.83 bits per heavy atom. The van der Waals surface area contributed by atoms with Gasteiger partial charge in [-0.2, -0.15) is 0 Å². The van der Waals surface area contributed by atoms with Crippen LogP contribution in [0.15, 0.2) is 18.2 Å². The predicted molar refractivity (Wildman–Crippen MR) is 112 cm³/mol. The van der Waals surface area contributed by atoms with E-state index in [0.29, 0.717) is 22.1 Å². The van der Waals surface area contributed by atoms with Gasteiger partial charge in [-0.3, -0.25) is 9.69 Å². The van der Waals surface area contributed by atoms with Gasteiger partial charge in [0.05, 0.1) is 19.1 Å². The molecule has 0 saturated heterocycles. The molecule has 9 heteroatoms. The maximum atomic E-state index is 12.6. The van der Waals surface area contributed by atoms with Crippen LogP contribution in [0, 0.1) is 0 Å². The second-order valence-corrected chi connectivity index (χ2v) is 7.84. The van der Waals surface area contributed by atoms with Crippen LogP contribution in [0.1, 0.15) is 33.3 Å². The van der Waals surface area contributed by atoms with Gasteiger partial charge in [0, 0.05) is 18.0 Å². The highest BCUT2D eigenvalue weighted by molar-refractivity contribution is 7.17. The topological polar surface area (TPSA) is 77.1 Å². The maximum absolute atomic E-state index is 12.6. The van der Waals surface area contributed by atoms with E-state index in [-0.39, 0.29) is 31.5 Å². The van der Waals surface area contributed by atoms with Crippen molar-refractivity contribution < 1.29 is 23.8 Å². The smallest absolute Gasteiger partial charge is 0.341 e. The summed E-state index contributed by atoms with van der Waals surface area (Å²) in [4.78, 5) is 28.4. The summed E-state index contributed by atoms with van der Waals surface area (Å²) in [6, 6.07) is 5.45. The van der Waals surface area contributed by atoms with Crippen molar-refractivity contribution in [1.29, 1.82) is 0 Å². The number of rotatable bonds is 5. The molecule has 2 aliphatic heterocycles. The molecule has 1 N–H and O–H groups in total. The molecule has 0 fully saturated rings. The molecule has 156 valence electrons. The van der Waals surface area contributed by atoms with Crippen molar-refractivity contribution in [2.45, 2.75) is 26.3 Å². The molecule has 1 aromatic carbocycles. The third-order valence-electron chi connectivity index (χ3n) is 5.03. The summed E-state index contributed by atoms with van der Waals surface area (Å²) in [5.41, 5.74) is 2.32. The van der Waals surface area contributed by atoms with Crippen molar-refractivity contribution in [1.82, 2.24) is 4.90 Å². The standard InChI is InChI=1S/C20H22N2O5S.ClH/c1-3-22-7-6-13-16(10-22)28-19(18(13)20(24)25-2)21-17(23)9-12-4-5-14-15(8-12)27-11-26-14;/h4-5,8H,3,6-7,9-11H2,1-2H3,(H,21,23);1H. The molecule has 29 heavy (non-hydrogen) atoms. The first-order valence-corrected chi connectivity index (χ1v) is 10.0. The molecule has 0 atom stereocenters. The third kappa shape index (κ3) is 4.34. The highest BCUT2D eigenvalue weighted by Crippen LogP contribution is 2.38. The number of thiophene rings is 1. The first-order chi connectivity index (χ1) is 13.6. The number of carbonyl (C=O) groups excluding carboxylic acids is 2. The number of amides is 1. The lowest BCUT2D eigenvalue weighted by atomic mass is 10.0. The summed E-state index contributed by atoms with van der Waals surface area (Å²) in [5, 5.41) is 3.49. The number of hydrogen-bond acceptors (Lipinski definition) is 7. The molecular formula is C20H23ClN2O5S. The number of likely N-dealkylation sites (N-methyl/N-ethyl adjacent to an activating group) is 1. The molecule has 3 heterocycles. The number of benzene rings is 1. The number of fused-ring (bicyclic) bond motifs is 2. The minimum atomic E-state index is -0.402. The van der Waals surface area contributed by atoms with Crippen molar-refractivity contribution in [3.8, 4) is 11.5 Å². The summed E-state index contributed by atoms with van der Waals surface area (Å²) >= 11 is 1.46. The van der Waals surface area contributed by atoms with E-state index in [0.717, 1.165) is 42.1 Å². The fourth-order valence-electron chi connectivity index (χ4n) is 3.54. The molecule has 0 unspecified atom stereocenters. The van der Waals surface area contributed by atoms with Gasteiger partial charge in [0.2, 0.25) is 12.7 Å². The van der Waals surface area contributed by atoms with Crippen LogP contribution in [0.25, 0.3) is 0 Å². The second kappa shape index (κ2) is 9.02. The number of nitrogens with zero attached hydrogens (tertiary/aromatic N) is 1. The largest absolute Gasteiger partial charge is 0.465 e. The molecule has 7 nitrogen and oxygen atoms in total. The van der Waals surface area contributed by atoms with E-state index < -0.39 is 5.97 Å². The summed E-state index contributed by atoms with van der Waals surface area (Å²) in [6.07, 6.45) is 0.961. The summed E-state index contributed by atoms with van der Waals surface area (Å²) in [7, 11) is 1.37. The maximum Gasteiger partial charge on any atom is 0.341 e. The Hall–Kier alpha value is -2.29. The van der Waals surface area contributed by atoms with E-state index in [2.05, 4.69) is 17.1 Å². The molecule has 1 amide bonds. The Bertz CT molecular complexity index is 930. The quantitative estimate of drug-likeness (QED) is 0.722. The van der Waals surface area contributed by atoms with Crippen LogP contribution in [0.4, 0.5) is 5.00 Å². The molecule has 1 aromatic heterocycles. The number of hydrogen-bond donors (Lipinski definition) is 1. The minimum Gasteiger partial charge on any atom is -0.465 e. The number of halogens is 1. The molecule has 0 saturated carbocycles. The molecule has 0 aliphatic carbocycles. The van der Waals surface area contributed by atoms with Crippen LogP contribution in [0.5, 0.6) is 11.5 Å². The van der Waals surface area contributed by atoms with Gasteiger partial charge < -0.3 is 19.5 Å². The summed E-state index contributed by atoms with van der Waals surface area (Å²) < 4.78 is 15.6. The second-order valence-electron chi connectivity index (χ2n) is 6.73. The van der Waals surface area contributed by atoms with Crippen LogP contribution < -0.4 is 14.8 Å². The van der Waals surface area contributed by atoms with Gasteiger partial charge in [0.1, 0.15) is 5.00 Å². The van der Waals surface area contributed by atoms with E-state index in [4.69, 9.17) is 14.2 Å². The van der Waals surface area contributed by atoms with Crippen molar-refractivity contribution >= 4 is 40.6 Å². The third-order valence-corrected chi connectivity index (χ3v) is 6.16. The van der Waals surface area contributed by atoms with Crippen LogP contribution in [0.2, 0.25) is 0 Å². The Kier molecular flexibility index (Phi) is 6.66. The monoisotopic (exact) mass is 438 g/mol. The number of ether oxygens (including phenoxy) is 3. The van der Waals surface area contributed by atoms with Gasteiger partial charge >= 0.3 is 5.97 Å². The normalized spacial score (nSPS) is 14.7. The lowest BCUT2D eigenvalue weighted by Crippen LogP contribution is -2.30. The van der Waals surface area contributed by atoms with Crippen molar-refractivity contribution in [2.75, 3.05) is 32.3 Å². The van der Waals surface area contributed by atoms with Gasteiger partial charge in [0.25, 0.3) is 0 Å². The Morgan fingerprint density at radius 1 is 1.28 bits per heavy atom. The number of anilines is 1. The van der Waals surface area contributed by atoms with E-state index in [1.165, 1.54) is 18.4 Å². The Labute approximate surface area is 179 Å². The number of methoxy groups -OCH3 is 1. The lowest BCUT2D eigenvalue weighted by Gasteiger charge is -2.25. The van der Waals surface area contributed by atoms with Crippen LogP contribution in [-0.4, -0.2) is 43.8 Å². The van der Waals surface area contributed by atoms with Crippen molar-refractivity contribution in [2.24, 2.45) is 0 Å². The number of esters is 1. The molecule has 2 aliphatic rings.